The second-order valence-corrected chi connectivity index (χ2v) is 6.06. The molecule has 0 spiro atoms. The molecular weight excluding hydrogens is 340 g/mol. The first-order valence-corrected chi connectivity index (χ1v) is 8.63. The van der Waals surface area contributed by atoms with Gasteiger partial charge in [-0.2, -0.15) is 0 Å². The van der Waals surface area contributed by atoms with E-state index in [1.807, 2.05) is 29.7 Å². The number of aromatic nitrogens is 1. The number of aliphatic carboxylic acids is 2. The summed E-state index contributed by atoms with van der Waals surface area (Å²) in [6, 6.07) is 8.67. The predicted molar refractivity (Wildman–Crippen MR) is 97.8 cm³/mol. The number of carbonyl (C=O) groups is 2. The van der Waals surface area contributed by atoms with Gasteiger partial charge in [0.05, 0.1) is 0 Å². The fraction of sp³-hybridized carbons (Fsp3) is 0.278. The summed E-state index contributed by atoms with van der Waals surface area (Å²) in [6.45, 7) is 5.30. The maximum Gasteiger partial charge on any atom is 0.328 e. The van der Waals surface area contributed by atoms with Gasteiger partial charge in [-0.3, -0.25) is 4.98 Å². The molecule has 7 heteroatoms. The molecule has 0 aliphatic rings. The van der Waals surface area contributed by atoms with E-state index >= 15 is 0 Å². The normalized spacial score (nSPS) is 11.6. The van der Waals surface area contributed by atoms with Gasteiger partial charge in [0, 0.05) is 41.4 Å². The third-order valence-corrected chi connectivity index (χ3v) is 4.31. The molecule has 2 rings (SSSR count). The molecule has 134 valence electrons. The van der Waals surface area contributed by atoms with Crippen LogP contribution < -0.4 is 5.32 Å². The van der Waals surface area contributed by atoms with Crippen LogP contribution in [0.4, 0.5) is 0 Å². The monoisotopic (exact) mass is 362 g/mol. The molecule has 0 bridgehead atoms. The standard InChI is InChI=1S/C14H18N2S.C4H4O4/c1-3-15-13(14-11(2)7-9-17-14)10-12-6-4-5-8-16-12;5-3(6)1-2-4(7)8/h4-9,13,15H,3,10H2,1-2H3;1-2H,(H,5,6)(H,7,8). The van der Waals surface area contributed by atoms with Crippen molar-refractivity contribution in [1.29, 1.82) is 0 Å². The first-order valence-electron chi connectivity index (χ1n) is 7.75. The number of nitrogens with zero attached hydrogens (tertiary/aromatic N) is 1. The Morgan fingerprint density at radius 2 is 1.92 bits per heavy atom. The Bertz CT molecular complexity index is 682. The maximum absolute atomic E-state index is 9.55. The van der Waals surface area contributed by atoms with Gasteiger partial charge in [0.2, 0.25) is 0 Å². The quantitative estimate of drug-likeness (QED) is 0.655. The number of rotatable bonds is 7. The van der Waals surface area contributed by atoms with Gasteiger partial charge < -0.3 is 15.5 Å². The average molecular weight is 362 g/mol. The van der Waals surface area contributed by atoms with Gasteiger partial charge in [-0.15, -0.1) is 11.3 Å². The van der Waals surface area contributed by atoms with Crippen LogP contribution in [0.3, 0.4) is 0 Å². The van der Waals surface area contributed by atoms with E-state index in [0.29, 0.717) is 18.2 Å². The Kier molecular flexibility index (Phi) is 9.13. The number of carboxylic acids is 2. The summed E-state index contributed by atoms with van der Waals surface area (Å²) in [5, 5.41) is 21.3. The lowest BCUT2D eigenvalue weighted by molar-refractivity contribution is -0.134. The summed E-state index contributed by atoms with van der Waals surface area (Å²) in [5.74, 6) is -2.51. The lowest BCUT2D eigenvalue weighted by Gasteiger charge is -2.17. The van der Waals surface area contributed by atoms with E-state index in [-0.39, 0.29) is 0 Å². The number of carboxylic acid groups (broad SMARTS) is 2. The summed E-state index contributed by atoms with van der Waals surface area (Å²) < 4.78 is 0. The van der Waals surface area contributed by atoms with Crippen molar-refractivity contribution < 1.29 is 19.8 Å². The molecule has 0 aliphatic heterocycles. The highest BCUT2D eigenvalue weighted by molar-refractivity contribution is 7.10. The zero-order chi connectivity index (χ0) is 18.7. The second-order valence-electron chi connectivity index (χ2n) is 5.11. The van der Waals surface area contributed by atoms with Crippen LogP contribution in [0.25, 0.3) is 0 Å². The number of aryl methyl sites for hydroxylation is 1. The van der Waals surface area contributed by atoms with Crippen molar-refractivity contribution in [3.63, 3.8) is 0 Å². The van der Waals surface area contributed by atoms with Crippen LogP contribution >= 0.6 is 11.3 Å². The lowest BCUT2D eigenvalue weighted by Crippen LogP contribution is -2.23. The fourth-order valence-electron chi connectivity index (χ4n) is 2.12. The Balaban J connectivity index is 0.000000333. The van der Waals surface area contributed by atoms with E-state index in [1.54, 1.807) is 0 Å². The highest BCUT2D eigenvalue weighted by Crippen LogP contribution is 2.26. The first-order chi connectivity index (χ1) is 11.9. The predicted octanol–water partition coefficient (Wildman–Crippen LogP) is 3.06. The summed E-state index contributed by atoms with van der Waals surface area (Å²) in [5.41, 5.74) is 2.52. The largest absolute Gasteiger partial charge is 0.478 e. The van der Waals surface area contributed by atoms with E-state index in [4.69, 9.17) is 10.2 Å². The molecule has 0 amide bonds. The Labute approximate surface area is 150 Å². The molecule has 0 aromatic carbocycles. The van der Waals surface area contributed by atoms with Crippen LogP contribution in [-0.2, 0) is 16.0 Å². The minimum absolute atomic E-state index is 0.384. The van der Waals surface area contributed by atoms with E-state index < -0.39 is 11.9 Å². The van der Waals surface area contributed by atoms with E-state index in [1.165, 1.54) is 10.4 Å². The highest BCUT2D eigenvalue weighted by atomic mass is 32.1. The number of nitrogens with one attached hydrogen (secondary N) is 1. The number of hydrogen-bond acceptors (Lipinski definition) is 5. The molecule has 0 saturated carbocycles. The molecule has 1 atom stereocenters. The molecule has 0 radical (unpaired) electrons. The number of thiophene rings is 1. The zero-order valence-corrected chi connectivity index (χ0v) is 15.0. The SMILES string of the molecule is CCNC(Cc1ccccn1)c1sccc1C.O=C(O)C=CC(=O)O. The van der Waals surface area contributed by atoms with Crippen LogP contribution in [0.15, 0.2) is 48.0 Å². The Morgan fingerprint density at radius 1 is 1.24 bits per heavy atom. The van der Waals surface area contributed by atoms with Crippen molar-refractivity contribution in [1.82, 2.24) is 10.3 Å². The molecule has 2 aromatic rings. The number of pyridine rings is 1. The van der Waals surface area contributed by atoms with Crippen molar-refractivity contribution in [2.24, 2.45) is 0 Å². The molecule has 0 aliphatic carbocycles. The van der Waals surface area contributed by atoms with Crippen LogP contribution in [0, 0.1) is 6.92 Å². The lowest BCUT2D eigenvalue weighted by atomic mass is 10.1. The molecule has 1 unspecified atom stereocenters. The third-order valence-electron chi connectivity index (χ3n) is 3.18. The number of hydrogen-bond donors (Lipinski definition) is 3. The number of likely N-dealkylation sites (N-methyl/N-ethyl adjacent to an activating group) is 1. The summed E-state index contributed by atoms with van der Waals surface area (Å²) >= 11 is 1.83. The van der Waals surface area contributed by atoms with E-state index in [2.05, 4.69) is 41.7 Å². The topological polar surface area (TPSA) is 99.5 Å². The fourth-order valence-corrected chi connectivity index (χ4v) is 3.12. The van der Waals surface area contributed by atoms with Crippen LogP contribution in [0.1, 0.15) is 29.1 Å². The molecule has 0 saturated heterocycles. The zero-order valence-electron chi connectivity index (χ0n) is 14.2. The van der Waals surface area contributed by atoms with Gasteiger partial charge in [-0.25, -0.2) is 9.59 Å². The summed E-state index contributed by atoms with van der Waals surface area (Å²) in [4.78, 5) is 24.9. The van der Waals surface area contributed by atoms with Crippen molar-refractivity contribution in [2.45, 2.75) is 26.3 Å². The van der Waals surface area contributed by atoms with Gasteiger partial charge >= 0.3 is 11.9 Å². The summed E-state index contributed by atoms with van der Waals surface area (Å²) in [7, 11) is 0. The van der Waals surface area contributed by atoms with Crippen molar-refractivity contribution in [3.8, 4) is 0 Å². The smallest absolute Gasteiger partial charge is 0.328 e. The molecule has 2 aromatic heterocycles. The Hall–Kier alpha value is -2.51. The van der Waals surface area contributed by atoms with E-state index in [9.17, 15) is 9.59 Å². The highest BCUT2D eigenvalue weighted by Gasteiger charge is 2.15. The van der Waals surface area contributed by atoms with Crippen LogP contribution in [-0.4, -0.2) is 33.7 Å². The average Bonchev–Trinajstić information content (AvgIpc) is 3.00. The van der Waals surface area contributed by atoms with Crippen LogP contribution in [0.5, 0.6) is 0 Å². The van der Waals surface area contributed by atoms with Crippen molar-refractivity contribution in [2.75, 3.05) is 6.54 Å². The van der Waals surface area contributed by atoms with Gasteiger partial charge in [-0.1, -0.05) is 13.0 Å². The Morgan fingerprint density at radius 3 is 2.36 bits per heavy atom. The minimum atomic E-state index is -1.26. The second kappa shape index (κ2) is 11.1. The van der Waals surface area contributed by atoms with Crippen molar-refractivity contribution >= 4 is 23.3 Å². The molecule has 2 heterocycles. The van der Waals surface area contributed by atoms with Gasteiger partial charge in [-0.05, 0) is 42.6 Å². The van der Waals surface area contributed by atoms with Gasteiger partial charge in [0.1, 0.15) is 0 Å². The van der Waals surface area contributed by atoms with Gasteiger partial charge in [0.25, 0.3) is 0 Å². The molecule has 0 fully saturated rings. The minimum Gasteiger partial charge on any atom is -0.478 e. The summed E-state index contributed by atoms with van der Waals surface area (Å²) in [6.07, 6.45) is 3.93. The molecule has 3 N–H and O–H groups in total. The molecule has 25 heavy (non-hydrogen) atoms. The van der Waals surface area contributed by atoms with E-state index in [0.717, 1.165) is 18.7 Å². The molecular formula is C18H22N2O4S. The first kappa shape index (κ1) is 20.5. The van der Waals surface area contributed by atoms with Gasteiger partial charge in [0.15, 0.2) is 0 Å². The van der Waals surface area contributed by atoms with Crippen molar-refractivity contribution in [3.05, 3.63) is 64.1 Å². The molecule has 6 nitrogen and oxygen atoms in total. The third kappa shape index (κ3) is 8.23. The maximum atomic E-state index is 9.55. The van der Waals surface area contributed by atoms with Crippen LogP contribution in [0.2, 0.25) is 0 Å².